The van der Waals surface area contributed by atoms with Gasteiger partial charge in [0.1, 0.15) is 12.6 Å². The van der Waals surface area contributed by atoms with Crippen LogP contribution in [0.15, 0.2) is 47.3 Å². The predicted molar refractivity (Wildman–Crippen MR) is 145 cm³/mol. The topological polar surface area (TPSA) is 95.3 Å². The Labute approximate surface area is 223 Å². The van der Waals surface area contributed by atoms with Gasteiger partial charge in [0.05, 0.1) is 13.2 Å². The first-order valence-electron chi connectivity index (χ1n) is 13.2. The average Bonchev–Trinajstić information content (AvgIpc) is 3.31. The van der Waals surface area contributed by atoms with Crippen molar-refractivity contribution >= 4 is 24.1 Å². The van der Waals surface area contributed by atoms with Crippen molar-refractivity contribution in [3.8, 4) is 0 Å². The molecule has 200 valence electrons. The van der Waals surface area contributed by atoms with Crippen LogP contribution in [-0.2, 0) is 11.2 Å². The molecule has 1 amide bonds. The number of pyridine rings is 1. The minimum atomic E-state index is -1.33. The molecule has 0 saturated carbocycles. The van der Waals surface area contributed by atoms with Gasteiger partial charge in [0.2, 0.25) is 0 Å². The van der Waals surface area contributed by atoms with E-state index in [9.17, 15) is 9.59 Å². The highest BCUT2D eigenvalue weighted by molar-refractivity contribution is 5.94. The van der Waals surface area contributed by atoms with Crippen molar-refractivity contribution in [2.24, 2.45) is 4.99 Å². The summed E-state index contributed by atoms with van der Waals surface area (Å²) in [5, 5.41) is 9.04. The van der Waals surface area contributed by atoms with Crippen molar-refractivity contribution in [3.63, 3.8) is 0 Å². The van der Waals surface area contributed by atoms with E-state index in [4.69, 9.17) is 9.84 Å². The molecule has 9 nitrogen and oxygen atoms in total. The van der Waals surface area contributed by atoms with E-state index >= 15 is 0 Å². The van der Waals surface area contributed by atoms with Gasteiger partial charge in [-0.1, -0.05) is 6.07 Å². The van der Waals surface area contributed by atoms with Crippen LogP contribution in [0.3, 0.4) is 0 Å². The Morgan fingerprint density at radius 2 is 1.82 bits per heavy atom. The summed E-state index contributed by atoms with van der Waals surface area (Å²) in [4.78, 5) is 37.7. The second-order valence-corrected chi connectivity index (χ2v) is 10.9. The third kappa shape index (κ3) is 5.15. The van der Waals surface area contributed by atoms with E-state index in [1.807, 2.05) is 51.3 Å². The van der Waals surface area contributed by atoms with Gasteiger partial charge in [0, 0.05) is 60.8 Å². The Hall–Kier alpha value is -3.72. The van der Waals surface area contributed by atoms with Crippen LogP contribution in [0, 0.1) is 13.8 Å². The predicted octanol–water partition coefficient (Wildman–Crippen LogP) is 4.45. The summed E-state index contributed by atoms with van der Waals surface area (Å²) in [6.07, 6.45) is 5.62. The van der Waals surface area contributed by atoms with Gasteiger partial charge in [-0.15, -0.1) is 0 Å². The lowest BCUT2D eigenvalue weighted by atomic mass is 9.99. The average molecular weight is 519 g/mol. The quantitative estimate of drug-likeness (QED) is 0.464. The highest BCUT2D eigenvalue weighted by Gasteiger charge is 2.41. The lowest BCUT2D eigenvalue weighted by Crippen LogP contribution is -2.48. The molecule has 3 aliphatic rings. The number of ether oxygens (including phenoxy) is 1. The number of anilines is 1. The van der Waals surface area contributed by atoms with Gasteiger partial charge in [0.25, 0.3) is 5.91 Å². The highest BCUT2D eigenvalue weighted by Crippen LogP contribution is 2.40. The number of nitrogens with zero attached hydrogens (tertiary/aromatic N) is 5. The molecular weight excluding hydrogens is 482 g/mol. The van der Waals surface area contributed by atoms with Crippen molar-refractivity contribution in [1.82, 2.24) is 9.88 Å². The Bertz CT molecular complexity index is 1290. The van der Waals surface area contributed by atoms with E-state index in [1.54, 1.807) is 0 Å². The molecule has 5 rings (SSSR count). The third-order valence-electron chi connectivity index (χ3n) is 8.18. The van der Waals surface area contributed by atoms with E-state index in [0.717, 1.165) is 55.7 Å². The zero-order valence-electron chi connectivity index (χ0n) is 22.6. The second-order valence-electron chi connectivity index (χ2n) is 10.9. The molecule has 1 saturated heterocycles. The molecule has 0 spiro atoms. The molecule has 1 aliphatic carbocycles. The maximum atomic E-state index is 13.6. The molecule has 2 unspecified atom stereocenters. The molecule has 2 aromatic rings. The van der Waals surface area contributed by atoms with Gasteiger partial charge < -0.3 is 19.6 Å². The number of carbonyl (C=O) groups is 2. The van der Waals surface area contributed by atoms with Crippen LogP contribution in [0.1, 0.15) is 58.2 Å². The van der Waals surface area contributed by atoms with Crippen LogP contribution < -0.4 is 4.90 Å². The van der Waals surface area contributed by atoms with Crippen molar-refractivity contribution in [1.29, 1.82) is 0 Å². The number of aryl methyl sites for hydroxylation is 3. The molecule has 9 heteroatoms. The van der Waals surface area contributed by atoms with Crippen LogP contribution in [-0.4, -0.2) is 77.6 Å². The van der Waals surface area contributed by atoms with Gasteiger partial charge in [-0.05, 0) is 62.9 Å². The fraction of sp³-hybridized carbons (Fsp3) is 0.448. The third-order valence-corrected chi connectivity index (χ3v) is 8.18. The van der Waals surface area contributed by atoms with Gasteiger partial charge >= 0.3 is 6.16 Å². The zero-order chi connectivity index (χ0) is 27.0. The van der Waals surface area contributed by atoms with Gasteiger partial charge in [-0.3, -0.25) is 14.3 Å². The van der Waals surface area contributed by atoms with Crippen molar-refractivity contribution in [2.75, 3.05) is 38.6 Å². The zero-order valence-corrected chi connectivity index (χ0v) is 22.6. The lowest BCUT2D eigenvalue weighted by molar-refractivity contribution is -0.844. The molecule has 1 fully saturated rings. The fourth-order valence-electron chi connectivity index (χ4n) is 6.25. The van der Waals surface area contributed by atoms with E-state index in [2.05, 4.69) is 33.1 Å². The molecule has 38 heavy (non-hydrogen) atoms. The number of hydrogen-bond acceptors (Lipinski definition) is 6. The SMILES string of the molecule is Cc1cc(N2CCC(N(C)C(=O)c3ccc4c(c3)C([N+]3(C)C=NC=C(OC(=O)O)C3)CC4)CC2)cc(C)n1. The summed E-state index contributed by atoms with van der Waals surface area (Å²) in [7, 11) is 3.95. The first-order valence-corrected chi connectivity index (χ1v) is 13.2. The number of fused-ring (bicyclic) bond motifs is 1. The number of quaternary nitrogens is 1. The molecule has 3 heterocycles. The summed E-state index contributed by atoms with van der Waals surface area (Å²) in [6.45, 7) is 6.25. The number of carboxylic acid groups (broad SMARTS) is 1. The number of aromatic nitrogens is 1. The number of amides is 1. The Morgan fingerprint density at radius 3 is 2.50 bits per heavy atom. The number of hydrogen-bond donors (Lipinski definition) is 1. The van der Waals surface area contributed by atoms with Crippen molar-refractivity contribution in [2.45, 2.75) is 51.6 Å². The fourth-order valence-corrected chi connectivity index (χ4v) is 6.25. The van der Waals surface area contributed by atoms with Gasteiger partial charge in [0.15, 0.2) is 12.1 Å². The largest absolute Gasteiger partial charge is 0.511 e. The first-order chi connectivity index (χ1) is 18.1. The molecule has 0 radical (unpaired) electrons. The highest BCUT2D eigenvalue weighted by atomic mass is 16.7. The van der Waals surface area contributed by atoms with E-state index in [0.29, 0.717) is 22.4 Å². The lowest BCUT2D eigenvalue weighted by Gasteiger charge is -2.38. The molecule has 1 aromatic carbocycles. The molecular formula is C29H36N5O4+. The number of likely N-dealkylation sites (N-methyl/N-ethyl adjacent to an activating group) is 1. The summed E-state index contributed by atoms with van der Waals surface area (Å²) in [5.74, 6) is 0.364. The van der Waals surface area contributed by atoms with Crippen molar-refractivity contribution in [3.05, 3.63) is 70.4 Å². The minimum Gasteiger partial charge on any atom is -0.449 e. The number of rotatable bonds is 5. The van der Waals surface area contributed by atoms with Crippen LogP contribution in [0.25, 0.3) is 0 Å². The summed E-state index contributed by atoms with van der Waals surface area (Å²) in [5.41, 5.74) is 6.31. The maximum absolute atomic E-state index is 13.6. The van der Waals surface area contributed by atoms with Crippen LogP contribution in [0.2, 0.25) is 0 Å². The summed E-state index contributed by atoms with van der Waals surface area (Å²) >= 11 is 0. The monoisotopic (exact) mass is 518 g/mol. The summed E-state index contributed by atoms with van der Waals surface area (Å²) < 4.78 is 5.33. The van der Waals surface area contributed by atoms with E-state index < -0.39 is 6.16 Å². The number of benzene rings is 1. The maximum Gasteiger partial charge on any atom is 0.511 e. The molecule has 1 N–H and O–H groups in total. The Morgan fingerprint density at radius 1 is 1.11 bits per heavy atom. The number of aliphatic imine (C=N–C) groups is 1. The molecule has 2 aliphatic heterocycles. The standard InChI is InChI=1S/C29H35N5O4/c1-19-13-24(14-20(2)31-19)33-11-9-23(10-12-33)32(3)28(35)22-6-5-21-7-8-27(26(21)15-22)34(4)17-25(16-30-18-34)38-29(36)37/h5-6,13-16,18,23,27H,7-12,17H2,1-4H3/p+1. The molecule has 0 bridgehead atoms. The number of piperidine rings is 1. The molecule has 1 aromatic heterocycles. The minimum absolute atomic E-state index is 0.0391. The van der Waals surface area contributed by atoms with Crippen molar-refractivity contribution < 1.29 is 23.9 Å². The van der Waals surface area contributed by atoms with E-state index in [1.165, 1.54) is 17.5 Å². The van der Waals surface area contributed by atoms with Gasteiger partial charge in [-0.25, -0.2) is 9.79 Å². The summed E-state index contributed by atoms with van der Waals surface area (Å²) in [6, 6.07) is 10.6. The van der Waals surface area contributed by atoms with E-state index in [-0.39, 0.29) is 18.0 Å². The second kappa shape index (κ2) is 10.2. The van der Waals surface area contributed by atoms with Gasteiger partial charge in [-0.2, -0.15) is 0 Å². The Kier molecular flexibility index (Phi) is 6.96. The van der Waals surface area contributed by atoms with Crippen LogP contribution in [0.5, 0.6) is 0 Å². The smallest absolute Gasteiger partial charge is 0.449 e. The Balaban J connectivity index is 1.27. The van der Waals surface area contributed by atoms with Crippen LogP contribution >= 0.6 is 0 Å². The first kappa shape index (κ1) is 25.9. The van der Waals surface area contributed by atoms with Crippen LogP contribution in [0.4, 0.5) is 10.5 Å². The number of carbonyl (C=O) groups excluding carboxylic acids is 1. The normalized spacial score (nSPS) is 23.1. The molecule has 2 atom stereocenters.